The third kappa shape index (κ3) is 5.83. The second-order valence-electron chi connectivity index (χ2n) is 7.52. The quantitative estimate of drug-likeness (QED) is 0.242. The first-order chi connectivity index (χ1) is 14.5. The highest BCUT2D eigenvalue weighted by Gasteiger charge is 2.45. The molecular weight excluding hydrogens is 416 g/mol. The van der Waals surface area contributed by atoms with Crippen molar-refractivity contribution < 1.29 is 54.4 Å². The van der Waals surface area contributed by atoms with Crippen LogP contribution in [0.25, 0.3) is 0 Å². The minimum Gasteiger partial charge on any atom is -0.493 e. The maximum atomic E-state index is 12.0. The Balaban J connectivity index is 2.07. The number of hydrogen-bond acceptors (Lipinski definition) is 11. The molecular formula is C20H30O11. The van der Waals surface area contributed by atoms with E-state index in [9.17, 15) is 35.4 Å². The molecule has 0 unspecified atom stereocenters. The molecule has 11 heteroatoms. The van der Waals surface area contributed by atoms with Gasteiger partial charge in [0.05, 0.1) is 19.3 Å². The fraction of sp³-hybridized carbons (Fsp3) is 0.650. The highest BCUT2D eigenvalue weighted by Crippen LogP contribution is 2.32. The molecule has 1 heterocycles. The first kappa shape index (κ1) is 25.3. The zero-order chi connectivity index (χ0) is 23.3. The van der Waals surface area contributed by atoms with Gasteiger partial charge in [-0.25, -0.2) is 4.79 Å². The Labute approximate surface area is 179 Å². The molecule has 31 heavy (non-hydrogen) atoms. The molecule has 11 nitrogen and oxygen atoms in total. The topological polar surface area (TPSA) is 175 Å². The first-order valence-corrected chi connectivity index (χ1v) is 9.76. The van der Waals surface area contributed by atoms with Crippen LogP contribution in [0.1, 0.15) is 25.8 Å². The van der Waals surface area contributed by atoms with E-state index in [1.165, 1.54) is 32.2 Å². The summed E-state index contributed by atoms with van der Waals surface area (Å²) in [6, 6.07) is 4.46. The second kappa shape index (κ2) is 10.6. The molecule has 0 radical (unpaired) electrons. The van der Waals surface area contributed by atoms with Crippen LogP contribution in [0.15, 0.2) is 18.2 Å². The Morgan fingerprint density at radius 1 is 1.19 bits per heavy atom. The van der Waals surface area contributed by atoms with Gasteiger partial charge in [-0.05, 0) is 31.0 Å². The van der Waals surface area contributed by atoms with Crippen molar-refractivity contribution in [2.75, 3.05) is 13.7 Å². The summed E-state index contributed by atoms with van der Waals surface area (Å²) < 4.78 is 21.1. The molecule has 0 aliphatic carbocycles. The summed E-state index contributed by atoms with van der Waals surface area (Å²) in [5.74, 6) is -0.671. The Hall–Kier alpha value is -1.99. The molecule has 1 saturated heterocycles. The third-order valence-electron chi connectivity index (χ3n) is 5.23. The Bertz CT molecular complexity index is 736. The molecule has 0 bridgehead atoms. The van der Waals surface area contributed by atoms with E-state index in [-0.39, 0.29) is 24.5 Å². The van der Waals surface area contributed by atoms with Crippen LogP contribution in [0, 0.1) is 0 Å². The highest BCUT2D eigenvalue weighted by molar-refractivity contribution is 5.75. The third-order valence-corrected chi connectivity index (χ3v) is 5.23. The predicted octanol–water partition coefficient (Wildman–Crippen LogP) is -1.56. The number of esters is 1. The maximum Gasteiger partial charge on any atom is 0.338 e. The minimum absolute atomic E-state index is 0.121. The molecule has 176 valence electrons. The van der Waals surface area contributed by atoms with Crippen molar-refractivity contribution in [2.24, 2.45) is 0 Å². The number of rotatable bonds is 9. The molecule has 2 rings (SSSR count). The lowest BCUT2D eigenvalue weighted by atomic mass is 9.96. The number of benzene rings is 1. The van der Waals surface area contributed by atoms with E-state index < -0.39 is 55.0 Å². The van der Waals surface area contributed by atoms with Gasteiger partial charge in [-0.2, -0.15) is 0 Å². The lowest BCUT2D eigenvalue weighted by Gasteiger charge is -2.39. The summed E-state index contributed by atoms with van der Waals surface area (Å²) in [6.45, 7) is 2.14. The average Bonchev–Trinajstić information content (AvgIpc) is 2.77. The monoisotopic (exact) mass is 446 g/mol. The van der Waals surface area contributed by atoms with E-state index >= 15 is 0 Å². The van der Waals surface area contributed by atoms with Gasteiger partial charge in [0.2, 0.25) is 6.29 Å². The van der Waals surface area contributed by atoms with Gasteiger partial charge in [-0.15, -0.1) is 0 Å². The summed E-state index contributed by atoms with van der Waals surface area (Å²) in [7, 11) is 1.35. The van der Waals surface area contributed by atoms with E-state index in [1.54, 1.807) is 6.92 Å². The lowest BCUT2D eigenvalue weighted by Crippen LogP contribution is -2.60. The zero-order valence-electron chi connectivity index (χ0n) is 17.5. The van der Waals surface area contributed by atoms with Gasteiger partial charge in [0.25, 0.3) is 0 Å². The summed E-state index contributed by atoms with van der Waals surface area (Å²) >= 11 is 0. The fourth-order valence-corrected chi connectivity index (χ4v) is 2.87. The standard InChI is InChI=1S/C20H30O11/c1-4-20(2,27)17(25)18(26)29-9-10-5-6-11(12(7-10)28-3)30-19-16(24)15(23)14(22)13(8-21)31-19/h5-7,13-17,19,21-25,27H,4,8-9H2,1-3H3/t13-,14-,15+,16-,17+,19+,20+/m1/s1. The van der Waals surface area contributed by atoms with Crippen LogP contribution >= 0.6 is 0 Å². The number of aliphatic hydroxyl groups is 6. The number of aliphatic hydroxyl groups excluding tert-OH is 5. The van der Waals surface area contributed by atoms with Crippen molar-refractivity contribution in [1.29, 1.82) is 0 Å². The van der Waals surface area contributed by atoms with Gasteiger partial charge >= 0.3 is 5.97 Å². The average molecular weight is 446 g/mol. The second-order valence-corrected chi connectivity index (χ2v) is 7.52. The van der Waals surface area contributed by atoms with Crippen LogP contribution in [0.4, 0.5) is 0 Å². The number of methoxy groups -OCH3 is 1. The summed E-state index contributed by atoms with van der Waals surface area (Å²) in [4.78, 5) is 12.0. The van der Waals surface area contributed by atoms with E-state index in [0.29, 0.717) is 5.56 Å². The number of carbonyl (C=O) groups is 1. The van der Waals surface area contributed by atoms with Crippen molar-refractivity contribution in [1.82, 2.24) is 0 Å². The van der Waals surface area contributed by atoms with Gasteiger partial charge < -0.3 is 49.6 Å². The molecule has 7 atom stereocenters. The lowest BCUT2D eigenvalue weighted by molar-refractivity contribution is -0.277. The highest BCUT2D eigenvalue weighted by atomic mass is 16.7. The van der Waals surface area contributed by atoms with Gasteiger partial charge in [0, 0.05) is 0 Å². The number of ether oxygens (including phenoxy) is 4. The molecule has 0 saturated carbocycles. The normalized spacial score (nSPS) is 29.0. The maximum absolute atomic E-state index is 12.0. The first-order valence-electron chi connectivity index (χ1n) is 9.76. The molecule has 1 aliphatic rings. The smallest absolute Gasteiger partial charge is 0.338 e. The van der Waals surface area contributed by atoms with Gasteiger partial charge in [-0.3, -0.25) is 0 Å². The summed E-state index contributed by atoms with van der Waals surface area (Å²) in [5, 5.41) is 58.9. The van der Waals surface area contributed by atoms with E-state index in [2.05, 4.69) is 0 Å². The SMILES string of the molecule is CC[C@](C)(O)[C@@H](O)C(=O)OCc1ccc(O[C@H]2O[C@H](CO)[C@@H](O)[C@H](O)[C@H]2O)c(OC)c1. The van der Waals surface area contributed by atoms with Crippen LogP contribution in [0.2, 0.25) is 0 Å². The van der Waals surface area contributed by atoms with Gasteiger partial charge in [0.1, 0.15) is 31.0 Å². The van der Waals surface area contributed by atoms with Crippen LogP contribution in [0.5, 0.6) is 11.5 Å². The molecule has 1 fully saturated rings. The van der Waals surface area contributed by atoms with Crippen LogP contribution in [-0.4, -0.2) is 92.7 Å². The minimum atomic E-state index is -1.70. The fourth-order valence-electron chi connectivity index (χ4n) is 2.87. The van der Waals surface area contributed by atoms with Crippen molar-refractivity contribution in [2.45, 2.75) is 69.3 Å². The Kier molecular flexibility index (Phi) is 8.60. The van der Waals surface area contributed by atoms with E-state index in [0.717, 1.165) is 0 Å². The van der Waals surface area contributed by atoms with Gasteiger partial charge in [0.15, 0.2) is 17.6 Å². The summed E-state index contributed by atoms with van der Waals surface area (Å²) in [6.07, 6.45) is -8.75. The largest absolute Gasteiger partial charge is 0.493 e. The van der Waals surface area contributed by atoms with Crippen LogP contribution in [0.3, 0.4) is 0 Å². The Morgan fingerprint density at radius 3 is 2.45 bits per heavy atom. The van der Waals surface area contributed by atoms with Crippen molar-refractivity contribution >= 4 is 5.97 Å². The number of carbonyl (C=O) groups excluding carboxylic acids is 1. The number of hydrogen-bond donors (Lipinski definition) is 6. The Morgan fingerprint density at radius 2 is 1.87 bits per heavy atom. The van der Waals surface area contributed by atoms with E-state index in [1.807, 2.05) is 0 Å². The van der Waals surface area contributed by atoms with Gasteiger partial charge in [-0.1, -0.05) is 13.0 Å². The molecule has 6 N–H and O–H groups in total. The molecule has 1 aromatic rings. The molecule has 0 amide bonds. The van der Waals surface area contributed by atoms with Crippen LogP contribution in [-0.2, 0) is 20.9 Å². The van der Waals surface area contributed by atoms with Crippen molar-refractivity contribution in [3.63, 3.8) is 0 Å². The van der Waals surface area contributed by atoms with E-state index in [4.69, 9.17) is 18.9 Å². The molecule has 1 aliphatic heterocycles. The molecule has 0 spiro atoms. The molecule has 0 aromatic heterocycles. The zero-order valence-corrected chi connectivity index (χ0v) is 17.5. The predicted molar refractivity (Wildman–Crippen MR) is 104 cm³/mol. The summed E-state index contributed by atoms with van der Waals surface area (Å²) in [5.41, 5.74) is -1.13. The molecule has 1 aromatic carbocycles. The van der Waals surface area contributed by atoms with Crippen molar-refractivity contribution in [3.05, 3.63) is 23.8 Å². The van der Waals surface area contributed by atoms with Crippen LogP contribution < -0.4 is 9.47 Å². The van der Waals surface area contributed by atoms with Crippen molar-refractivity contribution in [3.8, 4) is 11.5 Å².